The Hall–Kier alpha value is -1.53. The third-order valence-corrected chi connectivity index (χ3v) is 4.35. The van der Waals surface area contributed by atoms with Gasteiger partial charge in [-0.15, -0.1) is 0 Å². The zero-order valence-corrected chi connectivity index (χ0v) is 11.2. The minimum absolute atomic E-state index is 0.187. The number of hydrogen-bond donors (Lipinski definition) is 0. The molecule has 2 heterocycles. The molecule has 0 atom stereocenters. The van der Waals surface area contributed by atoms with Crippen LogP contribution in [-0.4, -0.2) is 34.2 Å². The van der Waals surface area contributed by atoms with Gasteiger partial charge in [-0.2, -0.15) is 18.3 Å². The van der Waals surface area contributed by atoms with E-state index in [1.165, 1.54) is 17.9 Å². The van der Waals surface area contributed by atoms with Crippen LogP contribution in [0.1, 0.15) is 24.1 Å². The highest BCUT2D eigenvalue weighted by atomic mass is 19.4. The van der Waals surface area contributed by atoms with Crippen molar-refractivity contribution in [2.45, 2.75) is 25.4 Å². The molecular weight excluding hydrogens is 271 g/mol. The SMILES string of the molecule is Cn1cc(CC2CC3(C2)CN(C=O)C3)c(C(F)(F)F)n1. The summed E-state index contributed by atoms with van der Waals surface area (Å²) in [6.45, 7) is 1.51. The Labute approximate surface area is 114 Å². The average molecular weight is 287 g/mol. The Morgan fingerprint density at radius 2 is 2.10 bits per heavy atom. The summed E-state index contributed by atoms with van der Waals surface area (Å²) in [5.74, 6) is 0.272. The molecule has 1 aliphatic carbocycles. The quantitative estimate of drug-likeness (QED) is 0.796. The van der Waals surface area contributed by atoms with Crippen molar-refractivity contribution in [3.05, 3.63) is 17.5 Å². The van der Waals surface area contributed by atoms with Gasteiger partial charge in [0, 0.05) is 37.3 Å². The van der Waals surface area contributed by atoms with E-state index in [1.807, 2.05) is 0 Å². The van der Waals surface area contributed by atoms with E-state index in [2.05, 4.69) is 5.10 Å². The maximum atomic E-state index is 12.8. The number of aryl methyl sites for hydroxylation is 1. The number of rotatable bonds is 3. The fraction of sp³-hybridized carbons (Fsp3) is 0.692. The molecule has 1 spiro atoms. The molecule has 1 amide bonds. The maximum Gasteiger partial charge on any atom is 0.435 e. The molecule has 1 saturated carbocycles. The molecule has 4 nitrogen and oxygen atoms in total. The second-order valence-electron chi connectivity index (χ2n) is 6.16. The van der Waals surface area contributed by atoms with E-state index in [-0.39, 0.29) is 16.9 Å². The number of aromatic nitrogens is 2. The Kier molecular flexibility index (Phi) is 2.85. The topological polar surface area (TPSA) is 38.1 Å². The average Bonchev–Trinajstić information content (AvgIpc) is 2.60. The number of alkyl halides is 3. The molecule has 20 heavy (non-hydrogen) atoms. The third kappa shape index (κ3) is 2.19. The van der Waals surface area contributed by atoms with Crippen molar-refractivity contribution >= 4 is 6.41 Å². The van der Waals surface area contributed by atoms with Crippen LogP contribution in [0.4, 0.5) is 13.2 Å². The van der Waals surface area contributed by atoms with Crippen molar-refractivity contribution in [3.8, 4) is 0 Å². The molecule has 7 heteroatoms. The van der Waals surface area contributed by atoms with E-state index in [1.54, 1.807) is 4.90 Å². The lowest BCUT2D eigenvalue weighted by Gasteiger charge is -2.58. The largest absolute Gasteiger partial charge is 0.435 e. The zero-order valence-electron chi connectivity index (χ0n) is 11.2. The van der Waals surface area contributed by atoms with Gasteiger partial charge < -0.3 is 4.90 Å². The van der Waals surface area contributed by atoms with Gasteiger partial charge in [-0.25, -0.2) is 0 Å². The van der Waals surface area contributed by atoms with Gasteiger partial charge in [0.2, 0.25) is 6.41 Å². The van der Waals surface area contributed by atoms with Crippen molar-refractivity contribution in [1.29, 1.82) is 0 Å². The van der Waals surface area contributed by atoms with Crippen LogP contribution in [0.15, 0.2) is 6.20 Å². The van der Waals surface area contributed by atoms with Gasteiger partial charge >= 0.3 is 6.18 Å². The van der Waals surface area contributed by atoms with E-state index in [4.69, 9.17) is 0 Å². The van der Waals surface area contributed by atoms with E-state index < -0.39 is 11.9 Å². The fourth-order valence-electron chi connectivity index (χ4n) is 3.69. The van der Waals surface area contributed by atoms with Gasteiger partial charge in [0.1, 0.15) is 0 Å². The van der Waals surface area contributed by atoms with E-state index in [0.29, 0.717) is 6.42 Å². The molecule has 110 valence electrons. The number of hydrogen-bond acceptors (Lipinski definition) is 2. The first-order valence-corrected chi connectivity index (χ1v) is 6.60. The van der Waals surface area contributed by atoms with Gasteiger partial charge in [-0.3, -0.25) is 9.48 Å². The lowest BCUT2D eigenvalue weighted by Crippen LogP contribution is -2.61. The number of carbonyl (C=O) groups excluding carboxylic acids is 1. The minimum Gasteiger partial charge on any atom is -0.344 e. The number of nitrogens with zero attached hydrogens (tertiary/aromatic N) is 3. The van der Waals surface area contributed by atoms with Crippen molar-refractivity contribution < 1.29 is 18.0 Å². The van der Waals surface area contributed by atoms with Crippen LogP contribution in [0, 0.1) is 11.3 Å². The first-order chi connectivity index (χ1) is 9.31. The van der Waals surface area contributed by atoms with Gasteiger partial charge in [0.05, 0.1) is 0 Å². The van der Waals surface area contributed by atoms with Crippen LogP contribution in [0.2, 0.25) is 0 Å². The molecular formula is C13H16F3N3O. The van der Waals surface area contributed by atoms with Crippen LogP contribution < -0.4 is 0 Å². The van der Waals surface area contributed by atoms with Gasteiger partial charge in [-0.05, 0) is 25.2 Å². The van der Waals surface area contributed by atoms with Crippen LogP contribution in [0.5, 0.6) is 0 Å². The van der Waals surface area contributed by atoms with Crippen LogP contribution >= 0.6 is 0 Å². The van der Waals surface area contributed by atoms with E-state index >= 15 is 0 Å². The monoisotopic (exact) mass is 287 g/mol. The lowest BCUT2D eigenvalue weighted by molar-refractivity contribution is -0.144. The lowest BCUT2D eigenvalue weighted by atomic mass is 9.56. The summed E-state index contributed by atoms with van der Waals surface area (Å²) in [4.78, 5) is 12.2. The Morgan fingerprint density at radius 1 is 1.45 bits per heavy atom. The summed E-state index contributed by atoms with van der Waals surface area (Å²) in [7, 11) is 1.51. The molecule has 1 aromatic rings. The van der Waals surface area contributed by atoms with Crippen molar-refractivity contribution in [3.63, 3.8) is 0 Å². The van der Waals surface area contributed by atoms with E-state index in [0.717, 1.165) is 32.3 Å². The summed E-state index contributed by atoms with van der Waals surface area (Å²) < 4.78 is 39.7. The molecule has 1 aliphatic heterocycles. The molecule has 0 bridgehead atoms. The maximum absolute atomic E-state index is 12.8. The highest BCUT2D eigenvalue weighted by molar-refractivity contribution is 5.49. The number of carbonyl (C=O) groups is 1. The molecule has 3 rings (SSSR count). The Morgan fingerprint density at radius 3 is 2.65 bits per heavy atom. The molecule has 1 saturated heterocycles. The summed E-state index contributed by atoms with van der Waals surface area (Å²) in [6, 6.07) is 0. The number of amides is 1. The molecule has 0 N–H and O–H groups in total. The van der Waals surface area contributed by atoms with Crippen molar-refractivity contribution in [2.24, 2.45) is 18.4 Å². The molecule has 0 aromatic carbocycles. The number of likely N-dealkylation sites (tertiary alicyclic amines) is 1. The zero-order chi connectivity index (χ0) is 14.5. The highest BCUT2D eigenvalue weighted by Crippen LogP contribution is 2.52. The van der Waals surface area contributed by atoms with Gasteiger partial charge in [0.15, 0.2) is 5.69 Å². The van der Waals surface area contributed by atoms with Crippen LogP contribution in [0.25, 0.3) is 0 Å². The normalized spacial score (nSPS) is 21.7. The summed E-state index contributed by atoms with van der Waals surface area (Å²) >= 11 is 0. The van der Waals surface area contributed by atoms with Gasteiger partial charge in [-0.1, -0.05) is 0 Å². The first-order valence-electron chi connectivity index (χ1n) is 6.60. The second kappa shape index (κ2) is 4.23. The molecule has 0 radical (unpaired) electrons. The van der Waals surface area contributed by atoms with Crippen molar-refractivity contribution in [2.75, 3.05) is 13.1 Å². The fourth-order valence-corrected chi connectivity index (χ4v) is 3.69. The molecule has 2 aliphatic rings. The smallest absolute Gasteiger partial charge is 0.344 e. The van der Waals surface area contributed by atoms with Gasteiger partial charge in [0.25, 0.3) is 0 Å². The highest BCUT2D eigenvalue weighted by Gasteiger charge is 2.52. The first kappa shape index (κ1) is 13.5. The predicted molar refractivity (Wildman–Crippen MR) is 64.7 cm³/mol. The van der Waals surface area contributed by atoms with Crippen LogP contribution in [-0.2, 0) is 24.4 Å². The Balaban J connectivity index is 1.62. The summed E-state index contributed by atoms with van der Waals surface area (Å²) in [6.07, 6.45) is 0.148. The second-order valence-corrected chi connectivity index (χ2v) is 6.16. The molecule has 1 aromatic heterocycles. The van der Waals surface area contributed by atoms with E-state index in [9.17, 15) is 18.0 Å². The summed E-state index contributed by atoms with van der Waals surface area (Å²) in [5.41, 5.74) is -0.290. The Bertz CT molecular complexity index is 523. The summed E-state index contributed by atoms with van der Waals surface area (Å²) in [5, 5.41) is 3.53. The predicted octanol–water partition coefficient (Wildman–Crippen LogP) is 1.85. The number of halogens is 3. The van der Waals surface area contributed by atoms with Crippen molar-refractivity contribution in [1.82, 2.24) is 14.7 Å². The standard InChI is InChI=1S/C13H16F3N3O/c1-18-5-10(11(17-18)13(14,15)16)2-9-3-12(4-9)6-19(7-12)8-20/h5,8-9H,2-4,6-7H2,1H3. The molecule has 2 fully saturated rings. The third-order valence-electron chi connectivity index (χ3n) is 4.35. The van der Waals surface area contributed by atoms with Crippen LogP contribution in [0.3, 0.4) is 0 Å². The molecule has 0 unspecified atom stereocenters. The minimum atomic E-state index is -4.39.